The normalized spacial score (nSPS) is 9.59. The molecule has 0 radical (unpaired) electrons. The molecule has 0 atom stereocenters. The van der Waals surface area contributed by atoms with E-state index in [-0.39, 0.29) is 24.3 Å². The first-order valence-electron chi connectivity index (χ1n) is 7.29. The lowest BCUT2D eigenvalue weighted by molar-refractivity contribution is 0.0489. The van der Waals surface area contributed by atoms with Crippen LogP contribution in [-0.2, 0) is 4.74 Å². The summed E-state index contributed by atoms with van der Waals surface area (Å²) in [6.45, 7) is 2.70. The maximum Gasteiger partial charge on any atom is 0.339 e. The molecule has 0 unspecified atom stereocenters. The van der Waals surface area contributed by atoms with E-state index in [1.165, 1.54) is 12.1 Å². The Labute approximate surface area is 130 Å². The third-order valence-electron chi connectivity index (χ3n) is 2.67. The fourth-order valence-corrected chi connectivity index (χ4v) is 1.46. The van der Waals surface area contributed by atoms with Crippen LogP contribution in [0.4, 0.5) is 0 Å². The average Bonchev–Trinajstić information content (AvgIpc) is 2.53. The van der Waals surface area contributed by atoms with E-state index in [4.69, 9.17) is 20.1 Å². The molecular weight excluding hydrogens is 288 g/mol. The van der Waals surface area contributed by atoms with E-state index >= 15 is 0 Å². The first kappa shape index (κ1) is 20.1. The van der Waals surface area contributed by atoms with Gasteiger partial charge in [0.05, 0.1) is 17.7 Å². The van der Waals surface area contributed by atoms with Gasteiger partial charge in [0.25, 0.3) is 0 Å². The molecule has 6 heteroatoms. The number of esters is 1. The van der Waals surface area contributed by atoms with Crippen molar-refractivity contribution in [3.63, 3.8) is 0 Å². The van der Waals surface area contributed by atoms with Crippen LogP contribution in [0, 0.1) is 0 Å². The Bertz CT molecular complexity index is 440. The topological polar surface area (TPSA) is 104 Å². The van der Waals surface area contributed by atoms with Crippen molar-refractivity contribution in [3.05, 3.63) is 35.4 Å². The van der Waals surface area contributed by atoms with Crippen molar-refractivity contribution >= 4 is 11.9 Å². The molecule has 0 aliphatic rings. The van der Waals surface area contributed by atoms with Gasteiger partial charge in [-0.1, -0.05) is 25.5 Å². The van der Waals surface area contributed by atoms with E-state index in [2.05, 4.69) is 0 Å². The molecule has 0 aliphatic carbocycles. The Morgan fingerprint density at radius 3 is 2.00 bits per heavy atom. The number of hydrogen-bond acceptors (Lipinski definition) is 5. The van der Waals surface area contributed by atoms with Crippen molar-refractivity contribution in [1.82, 2.24) is 0 Å². The zero-order chi connectivity index (χ0) is 16.8. The summed E-state index contributed by atoms with van der Waals surface area (Å²) in [5.41, 5.74) is 0.0788. The van der Waals surface area contributed by atoms with Gasteiger partial charge in [-0.2, -0.15) is 0 Å². The molecule has 0 fully saturated rings. The second-order valence-corrected chi connectivity index (χ2v) is 4.49. The summed E-state index contributed by atoms with van der Waals surface area (Å²) < 4.78 is 4.96. The van der Waals surface area contributed by atoms with Crippen molar-refractivity contribution in [1.29, 1.82) is 0 Å². The van der Waals surface area contributed by atoms with Crippen LogP contribution in [-0.4, -0.2) is 47.1 Å². The molecule has 0 heterocycles. The van der Waals surface area contributed by atoms with E-state index in [0.29, 0.717) is 6.61 Å². The molecule has 0 saturated heterocycles. The van der Waals surface area contributed by atoms with Crippen LogP contribution in [0.3, 0.4) is 0 Å². The van der Waals surface area contributed by atoms with Crippen LogP contribution >= 0.6 is 0 Å². The molecule has 1 aromatic carbocycles. The molecule has 124 valence electrons. The number of carboxylic acids is 1. The van der Waals surface area contributed by atoms with Gasteiger partial charge in [0.2, 0.25) is 0 Å². The standard InChI is InChI=1S/C12H14O4.C4H10O2/c1-2-3-8-16-12(15)10-7-5-4-6-9(10)11(13)14;5-3-1-2-4-6/h4-7H,2-3,8H2,1H3,(H,13,14);5-6H,1-4H2. The van der Waals surface area contributed by atoms with Gasteiger partial charge in [-0.05, 0) is 31.4 Å². The van der Waals surface area contributed by atoms with Gasteiger partial charge >= 0.3 is 11.9 Å². The van der Waals surface area contributed by atoms with E-state index in [9.17, 15) is 9.59 Å². The summed E-state index contributed by atoms with van der Waals surface area (Å²) >= 11 is 0. The second kappa shape index (κ2) is 12.8. The van der Waals surface area contributed by atoms with E-state index in [0.717, 1.165) is 25.7 Å². The number of benzene rings is 1. The minimum atomic E-state index is -1.12. The minimum absolute atomic E-state index is 0.0241. The molecule has 1 aromatic rings. The van der Waals surface area contributed by atoms with E-state index < -0.39 is 11.9 Å². The fourth-order valence-electron chi connectivity index (χ4n) is 1.46. The SMILES string of the molecule is CCCCOC(=O)c1ccccc1C(=O)O.OCCCCO. The molecule has 1 rings (SSSR count). The number of aliphatic hydroxyl groups is 2. The third-order valence-corrected chi connectivity index (χ3v) is 2.67. The zero-order valence-electron chi connectivity index (χ0n) is 12.8. The fraction of sp³-hybridized carbons (Fsp3) is 0.500. The number of carboxylic acid groups (broad SMARTS) is 1. The van der Waals surface area contributed by atoms with Gasteiger partial charge in [0.15, 0.2) is 0 Å². The predicted octanol–water partition coefficient (Wildman–Crippen LogP) is 2.09. The molecule has 0 bridgehead atoms. The third kappa shape index (κ3) is 8.39. The van der Waals surface area contributed by atoms with Crippen molar-refractivity contribution in [2.75, 3.05) is 19.8 Å². The highest BCUT2D eigenvalue weighted by molar-refractivity contribution is 6.02. The van der Waals surface area contributed by atoms with Crippen molar-refractivity contribution in [2.24, 2.45) is 0 Å². The summed E-state index contributed by atoms with van der Waals surface area (Å²) in [6, 6.07) is 6.03. The molecule has 22 heavy (non-hydrogen) atoms. The lowest BCUT2D eigenvalue weighted by Crippen LogP contribution is -2.12. The zero-order valence-corrected chi connectivity index (χ0v) is 12.8. The van der Waals surface area contributed by atoms with Crippen molar-refractivity contribution in [3.8, 4) is 0 Å². The van der Waals surface area contributed by atoms with Crippen LogP contribution in [0.5, 0.6) is 0 Å². The number of hydrogen-bond donors (Lipinski definition) is 3. The van der Waals surface area contributed by atoms with Gasteiger partial charge in [-0.15, -0.1) is 0 Å². The number of aromatic carboxylic acids is 1. The number of unbranched alkanes of at least 4 members (excludes halogenated alkanes) is 2. The Kier molecular flexibility index (Phi) is 11.7. The number of aliphatic hydroxyl groups excluding tert-OH is 2. The first-order valence-corrected chi connectivity index (χ1v) is 7.29. The maximum absolute atomic E-state index is 11.6. The summed E-state index contributed by atoms with van der Waals surface area (Å²) in [5, 5.41) is 25.1. The van der Waals surface area contributed by atoms with Crippen LogP contribution < -0.4 is 0 Å². The quantitative estimate of drug-likeness (QED) is 0.501. The molecule has 0 aromatic heterocycles. The minimum Gasteiger partial charge on any atom is -0.478 e. The molecule has 3 N–H and O–H groups in total. The van der Waals surface area contributed by atoms with E-state index in [1.54, 1.807) is 12.1 Å². The summed E-state index contributed by atoms with van der Waals surface area (Å²) in [7, 11) is 0. The van der Waals surface area contributed by atoms with Gasteiger partial charge in [0, 0.05) is 13.2 Å². The molecule has 0 spiro atoms. The predicted molar refractivity (Wildman–Crippen MR) is 82.0 cm³/mol. The van der Waals surface area contributed by atoms with E-state index in [1.807, 2.05) is 6.92 Å². The second-order valence-electron chi connectivity index (χ2n) is 4.49. The lowest BCUT2D eigenvalue weighted by Gasteiger charge is -2.06. The number of rotatable bonds is 8. The Morgan fingerprint density at radius 1 is 1.00 bits per heavy atom. The van der Waals surface area contributed by atoms with Gasteiger partial charge < -0.3 is 20.1 Å². The Hall–Kier alpha value is -1.92. The summed E-state index contributed by atoms with van der Waals surface area (Å²) in [5.74, 6) is -1.70. The van der Waals surface area contributed by atoms with Crippen molar-refractivity contribution < 1.29 is 29.6 Å². The smallest absolute Gasteiger partial charge is 0.339 e. The summed E-state index contributed by atoms with van der Waals surface area (Å²) in [4.78, 5) is 22.4. The number of carbonyl (C=O) groups excluding carboxylic acids is 1. The largest absolute Gasteiger partial charge is 0.478 e. The Balaban J connectivity index is 0.000000626. The monoisotopic (exact) mass is 312 g/mol. The molecule has 0 amide bonds. The molecular formula is C16H24O6. The molecule has 0 aliphatic heterocycles. The average molecular weight is 312 g/mol. The van der Waals surface area contributed by atoms with Crippen molar-refractivity contribution in [2.45, 2.75) is 32.6 Å². The Morgan fingerprint density at radius 2 is 1.55 bits per heavy atom. The first-order chi connectivity index (χ1) is 10.6. The highest BCUT2D eigenvalue weighted by atomic mass is 16.5. The van der Waals surface area contributed by atoms with Gasteiger partial charge in [-0.25, -0.2) is 9.59 Å². The van der Waals surface area contributed by atoms with Crippen LogP contribution in [0.2, 0.25) is 0 Å². The molecule has 6 nitrogen and oxygen atoms in total. The summed E-state index contributed by atoms with van der Waals surface area (Å²) in [6.07, 6.45) is 3.14. The van der Waals surface area contributed by atoms with Gasteiger partial charge in [-0.3, -0.25) is 0 Å². The van der Waals surface area contributed by atoms with Gasteiger partial charge in [0.1, 0.15) is 0 Å². The number of carbonyl (C=O) groups is 2. The highest BCUT2D eigenvalue weighted by Crippen LogP contribution is 2.10. The lowest BCUT2D eigenvalue weighted by atomic mass is 10.1. The molecule has 0 saturated carbocycles. The van der Waals surface area contributed by atoms with Crippen LogP contribution in [0.25, 0.3) is 0 Å². The highest BCUT2D eigenvalue weighted by Gasteiger charge is 2.16. The van der Waals surface area contributed by atoms with Crippen LogP contribution in [0.1, 0.15) is 53.3 Å². The maximum atomic E-state index is 11.6. The number of ether oxygens (including phenoxy) is 1. The van der Waals surface area contributed by atoms with Crippen LogP contribution in [0.15, 0.2) is 24.3 Å².